The molecule has 0 radical (unpaired) electrons. The summed E-state index contributed by atoms with van der Waals surface area (Å²) in [5.41, 5.74) is 7.69. The summed E-state index contributed by atoms with van der Waals surface area (Å²) >= 11 is 0. The number of benzene rings is 1. The number of nitrogens with one attached hydrogen (secondary N) is 2. The van der Waals surface area contributed by atoms with Crippen molar-refractivity contribution < 1.29 is 9.59 Å². The van der Waals surface area contributed by atoms with E-state index in [9.17, 15) is 9.59 Å². The van der Waals surface area contributed by atoms with Crippen molar-refractivity contribution >= 4 is 35.0 Å². The van der Waals surface area contributed by atoms with Gasteiger partial charge in [0.15, 0.2) is 0 Å². The second-order valence-electron chi connectivity index (χ2n) is 8.38. The Morgan fingerprint density at radius 3 is 2.35 bits per heavy atom. The molecule has 1 saturated heterocycles. The van der Waals surface area contributed by atoms with Gasteiger partial charge in [-0.3, -0.25) is 9.59 Å². The van der Waals surface area contributed by atoms with Crippen LogP contribution in [0.2, 0.25) is 0 Å². The number of carbonyl (C=O) groups is 2. The average Bonchev–Trinajstić information content (AvgIpc) is 3.58. The minimum absolute atomic E-state index is 0.0381. The van der Waals surface area contributed by atoms with Gasteiger partial charge in [0.05, 0.1) is 5.56 Å². The molecule has 0 bridgehead atoms. The van der Waals surface area contributed by atoms with Crippen LogP contribution in [-0.2, 0) is 4.79 Å². The molecule has 1 aromatic carbocycles. The van der Waals surface area contributed by atoms with Crippen molar-refractivity contribution in [1.29, 1.82) is 0 Å². The molecule has 0 atom stereocenters. The fraction of sp³-hybridized carbons (Fsp3) is 0.455. The Labute approximate surface area is 182 Å². The first kappa shape index (κ1) is 20.9. The van der Waals surface area contributed by atoms with E-state index in [2.05, 4.69) is 25.5 Å². The highest BCUT2D eigenvalue weighted by atomic mass is 16.2. The van der Waals surface area contributed by atoms with Crippen LogP contribution >= 0.6 is 0 Å². The van der Waals surface area contributed by atoms with Crippen molar-refractivity contribution in [3.63, 3.8) is 0 Å². The Morgan fingerprint density at radius 2 is 1.77 bits per heavy atom. The molecule has 0 spiro atoms. The Bertz CT molecular complexity index is 949. The van der Waals surface area contributed by atoms with Gasteiger partial charge in [-0.15, -0.1) is 0 Å². The first-order valence-electron chi connectivity index (χ1n) is 10.7. The monoisotopic (exact) mass is 423 g/mol. The number of nitrogens with zero attached hydrogens (tertiary/aromatic N) is 4. The van der Waals surface area contributed by atoms with E-state index in [-0.39, 0.29) is 11.8 Å². The van der Waals surface area contributed by atoms with Crippen LogP contribution in [0, 0.1) is 5.92 Å². The molecule has 1 aromatic heterocycles. The van der Waals surface area contributed by atoms with Crippen molar-refractivity contribution in [2.75, 3.05) is 41.7 Å². The van der Waals surface area contributed by atoms with Crippen LogP contribution in [0.3, 0.4) is 0 Å². The minimum Gasteiger partial charge on any atom is -0.368 e. The lowest BCUT2D eigenvalue weighted by atomic mass is 10.1. The molecule has 2 fully saturated rings. The summed E-state index contributed by atoms with van der Waals surface area (Å²) in [4.78, 5) is 36.7. The van der Waals surface area contributed by atoms with Crippen LogP contribution in [0.25, 0.3) is 0 Å². The number of piperazine rings is 1. The number of carbonyl (C=O) groups excluding carboxylic acids is 2. The zero-order valence-electron chi connectivity index (χ0n) is 18.0. The van der Waals surface area contributed by atoms with Gasteiger partial charge >= 0.3 is 0 Å². The van der Waals surface area contributed by atoms with Crippen molar-refractivity contribution in [3.05, 3.63) is 36.0 Å². The van der Waals surface area contributed by atoms with Crippen LogP contribution < -0.4 is 21.3 Å². The van der Waals surface area contributed by atoms with E-state index in [0.29, 0.717) is 23.4 Å². The Kier molecular flexibility index (Phi) is 5.92. The van der Waals surface area contributed by atoms with Gasteiger partial charge in [-0.25, -0.2) is 4.98 Å². The summed E-state index contributed by atoms with van der Waals surface area (Å²) in [6.45, 7) is 7.01. The van der Waals surface area contributed by atoms with Crippen molar-refractivity contribution in [1.82, 2.24) is 14.9 Å². The number of anilines is 4. The van der Waals surface area contributed by atoms with Crippen molar-refractivity contribution in [3.8, 4) is 0 Å². The van der Waals surface area contributed by atoms with Crippen molar-refractivity contribution in [2.24, 2.45) is 11.7 Å². The van der Waals surface area contributed by atoms with Crippen LogP contribution in [-0.4, -0.2) is 58.9 Å². The van der Waals surface area contributed by atoms with Gasteiger partial charge in [-0.2, -0.15) is 4.98 Å². The highest BCUT2D eigenvalue weighted by molar-refractivity contribution is 5.97. The van der Waals surface area contributed by atoms with Gasteiger partial charge in [-0.1, -0.05) is 13.8 Å². The SMILES string of the molecule is CC(C)C(=O)N1CCN(c2ccc(Nc3ncc(C(N)=O)c(NC4CC4)n3)cc2)CC1. The number of primary amides is 1. The maximum atomic E-state index is 12.2. The summed E-state index contributed by atoms with van der Waals surface area (Å²) in [6, 6.07) is 8.38. The number of amides is 2. The average molecular weight is 424 g/mol. The van der Waals surface area contributed by atoms with Gasteiger partial charge in [0, 0.05) is 55.7 Å². The summed E-state index contributed by atoms with van der Waals surface area (Å²) in [7, 11) is 0. The molecule has 4 N–H and O–H groups in total. The molecule has 2 aliphatic rings. The maximum absolute atomic E-state index is 12.2. The molecule has 1 aliphatic carbocycles. The molecule has 31 heavy (non-hydrogen) atoms. The predicted molar refractivity (Wildman–Crippen MR) is 121 cm³/mol. The first-order valence-corrected chi connectivity index (χ1v) is 10.7. The number of nitrogens with two attached hydrogens (primary N) is 1. The number of aromatic nitrogens is 2. The number of hydrogen-bond donors (Lipinski definition) is 3. The molecular formula is C22H29N7O2. The highest BCUT2D eigenvalue weighted by Gasteiger charge is 2.25. The van der Waals surface area contributed by atoms with E-state index in [4.69, 9.17) is 5.73 Å². The number of hydrogen-bond acceptors (Lipinski definition) is 7. The second-order valence-corrected chi connectivity index (χ2v) is 8.38. The normalized spacial score (nSPS) is 16.4. The van der Waals surface area contributed by atoms with Crippen LogP contribution in [0.1, 0.15) is 37.0 Å². The molecule has 164 valence electrons. The van der Waals surface area contributed by atoms with Crippen LogP contribution in [0.15, 0.2) is 30.5 Å². The van der Waals surface area contributed by atoms with E-state index < -0.39 is 5.91 Å². The molecule has 0 unspecified atom stereocenters. The van der Waals surface area contributed by atoms with Gasteiger partial charge in [0.2, 0.25) is 11.9 Å². The quantitative estimate of drug-likeness (QED) is 0.625. The third-order valence-electron chi connectivity index (χ3n) is 5.55. The van der Waals surface area contributed by atoms with Crippen molar-refractivity contribution in [2.45, 2.75) is 32.7 Å². The molecule has 2 amide bonds. The van der Waals surface area contributed by atoms with Gasteiger partial charge in [-0.05, 0) is 37.1 Å². The highest BCUT2D eigenvalue weighted by Crippen LogP contribution is 2.27. The standard InChI is InChI=1S/C22H29N7O2/c1-14(2)21(31)29-11-9-28(10-12-29)17-7-5-16(6-8-17)26-22-24-13-18(19(23)30)20(27-22)25-15-3-4-15/h5-8,13-15H,3-4,9-12H2,1-2H3,(H2,23,30)(H2,24,25,26,27). The fourth-order valence-electron chi connectivity index (χ4n) is 3.59. The lowest BCUT2D eigenvalue weighted by Crippen LogP contribution is -2.49. The smallest absolute Gasteiger partial charge is 0.254 e. The van der Waals surface area contributed by atoms with Gasteiger partial charge in [0.1, 0.15) is 5.82 Å². The van der Waals surface area contributed by atoms with E-state index >= 15 is 0 Å². The Balaban J connectivity index is 1.39. The van der Waals surface area contributed by atoms with E-state index in [1.165, 1.54) is 6.20 Å². The molecule has 2 heterocycles. The van der Waals surface area contributed by atoms with Gasteiger partial charge in [0.25, 0.3) is 5.91 Å². The number of rotatable bonds is 7. The molecule has 9 nitrogen and oxygen atoms in total. The maximum Gasteiger partial charge on any atom is 0.254 e. The largest absolute Gasteiger partial charge is 0.368 e. The predicted octanol–water partition coefficient (Wildman–Crippen LogP) is 2.20. The Morgan fingerprint density at radius 1 is 1.10 bits per heavy atom. The molecule has 2 aromatic rings. The summed E-state index contributed by atoms with van der Waals surface area (Å²) in [5, 5.41) is 6.42. The first-order chi connectivity index (χ1) is 14.9. The third-order valence-corrected chi connectivity index (χ3v) is 5.55. The summed E-state index contributed by atoms with van der Waals surface area (Å²) in [6.07, 6.45) is 3.58. The van der Waals surface area contributed by atoms with Crippen LogP contribution in [0.5, 0.6) is 0 Å². The zero-order valence-corrected chi connectivity index (χ0v) is 18.0. The second kappa shape index (κ2) is 8.79. The fourth-order valence-corrected chi connectivity index (χ4v) is 3.59. The van der Waals surface area contributed by atoms with E-state index in [1.54, 1.807) is 0 Å². The summed E-state index contributed by atoms with van der Waals surface area (Å²) < 4.78 is 0. The third kappa shape index (κ3) is 5.04. The minimum atomic E-state index is -0.547. The molecule has 4 rings (SSSR count). The lowest BCUT2D eigenvalue weighted by molar-refractivity contribution is -0.134. The summed E-state index contributed by atoms with van der Waals surface area (Å²) in [5.74, 6) is 0.585. The topological polar surface area (TPSA) is 116 Å². The van der Waals surface area contributed by atoms with Crippen LogP contribution in [0.4, 0.5) is 23.1 Å². The molecule has 1 saturated carbocycles. The van der Waals surface area contributed by atoms with E-state index in [1.807, 2.05) is 43.0 Å². The van der Waals surface area contributed by atoms with E-state index in [0.717, 1.165) is 50.4 Å². The Hall–Kier alpha value is -3.36. The molecule has 9 heteroatoms. The lowest BCUT2D eigenvalue weighted by Gasteiger charge is -2.37. The molecular weight excluding hydrogens is 394 g/mol. The molecule has 1 aliphatic heterocycles. The van der Waals surface area contributed by atoms with Gasteiger partial charge < -0.3 is 26.2 Å². The zero-order chi connectivity index (χ0) is 22.0.